The van der Waals surface area contributed by atoms with Gasteiger partial charge in [-0.1, -0.05) is 26.0 Å². The summed E-state index contributed by atoms with van der Waals surface area (Å²) in [5.41, 5.74) is 4.88. The number of anilines is 2. The molecule has 1 aliphatic heterocycles. The van der Waals surface area contributed by atoms with Gasteiger partial charge in [-0.15, -0.1) is 0 Å². The lowest BCUT2D eigenvalue weighted by atomic mass is 10.1. The molecule has 146 valence electrons. The number of carbonyl (C=O) groups excluding carboxylic acids is 2. The van der Waals surface area contributed by atoms with Gasteiger partial charge in [0.2, 0.25) is 0 Å². The van der Waals surface area contributed by atoms with Crippen LogP contribution >= 0.6 is 0 Å². The highest BCUT2D eigenvalue weighted by Gasteiger charge is 2.34. The summed E-state index contributed by atoms with van der Waals surface area (Å²) in [5.74, 6) is -1.34. The van der Waals surface area contributed by atoms with Gasteiger partial charge in [-0.25, -0.2) is 9.40 Å². The van der Waals surface area contributed by atoms with Crippen LogP contribution in [0.2, 0.25) is 0 Å². The number of hydrogen-bond acceptors (Lipinski definition) is 3. The van der Waals surface area contributed by atoms with Crippen molar-refractivity contribution in [2.24, 2.45) is 0 Å². The zero-order valence-corrected chi connectivity index (χ0v) is 16.1. The van der Waals surface area contributed by atoms with E-state index in [2.05, 4.69) is 24.2 Å². The van der Waals surface area contributed by atoms with Crippen molar-refractivity contribution in [2.75, 3.05) is 23.0 Å². The quantitative estimate of drug-likeness (QED) is 0.584. The van der Waals surface area contributed by atoms with Gasteiger partial charge in [-0.3, -0.25) is 15.0 Å². The molecular weight excluding hydrogens is 357 g/mol. The summed E-state index contributed by atoms with van der Waals surface area (Å²) in [7, 11) is 0. The highest BCUT2D eigenvalue weighted by atomic mass is 19.1. The fourth-order valence-corrected chi connectivity index (χ4v) is 3.19. The molecule has 2 aromatic carbocycles. The van der Waals surface area contributed by atoms with Crippen LogP contribution in [-0.2, 0) is 9.59 Å². The van der Waals surface area contributed by atoms with Crippen LogP contribution in [0.5, 0.6) is 0 Å². The number of hydrazine groups is 1. The minimum absolute atomic E-state index is 0.0519. The first kappa shape index (κ1) is 19.6. The second-order valence-corrected chi connectivity index (χ2v) is 6.69. The van der Waals surface area contributed by atoms with E-state index in [1.165, 1.54) is 24.3 Å². The summed E-state index contributed by atoms with van der Waals surface area (Å²) in [4.78, 5) is 27.2. The maximum Gasteiger partial charge on any atom is 0.282 e. The molecular formula is C22H24FN3O2. The number of nitrogens with one attached hydrogen (secondary N) is 1. The van der Waals surface area contributed by atoms with Gasteiger partial charge in [-0.05, 0) is 60.9 Å². The minimum Gasteiger partial charge on any atom is -0.372 e. The molecule has 2 amide bonds. The van der Waals surface area contributed by atoms with Crippen molar-refractivity contribution < 1.29 is 14.0 Å². The second kappa shape index (κ2) is 8.69. The molecule has 0 aromatic heterocycles. The first-order valence-electron chi connectivity index (χ1n) is 9.51. The van der Waals surface area contributed by atoms with E-state index in [4.69, 9.17) is 0 Å². The number of amides is 2. The summed E-state index contributed by atoms with van der Waals surface area (Å²) in [6.07, 6.45) is 3.72. The Morgan fingerprint density at radius 2 is 1.57 bits per heavy atom. The summed E-state index contributed by atoms with van der Waals surface area (Å²) in [6.45, 7) is 6.28. The van der Waals surface area contributed by atoms with Crippen LogP contribution in [0.1, 0.15) is 32.3 Å². The summed E-state index contributed by atoms with van der Waals surface area (Å²) in [6, 6.07) is 13.2. The molecule has 28 heavy (non-hydrogen) atoms. The van der Waals surface area contributed by atoms with Crippen LogP contribution in [0.4, 0.5) is 15.8 Å². The molecule has 6 heteroatoms. The van der Waals surface area contributed by atoms with Crippen molar-refractivity contribution in [2.45, 2.75) is 26.7 Å². The molecule has 0 unspecified atom stereocenters. The average Bonchev–Trinajstić information content (AvgIpc) is 2.97. The van der Waals surface area contributed by atoms with Crippen molar-refractivity contribution in [1.29, 1.82) is 0 Å². The number of nitrogens with zero attached hydrogens (tertiary/aromatic N) is 2. The van der Waals surface area contributed by atoms with E-state index in [-0.39, 0.29) is 5.57 Å². The number of halogens is 1. The van der Waals surface area contributed by atoms with E-state index in [1.54, 1.807) is 6.08 Å². The lowest BCUT2D eigenvalue weighted by molar-refractivity contribution is -0.117. The number of hydrogen-bond donors (Lipinski definition) is 1. The van der Waals surface area contributed by atoms with Gasteiger partial charge >= 0.3 is 0 Å². The number of carbonyl (C=O) groups is 2. The predicted molar refractivity (Wildman–Crippen MR) is 109 cm³/mol. The molecule has 1 saturated heterocycles. The Balaban J connectivity index is 1.80. The third-order valence-corrected chi connectivity index (χ3v) is 4.53. The van der Waals surface area contributed by atoms with Crippen molar-refractivity contribution >= 4 is 29.3 Å². The Morgan fingerprint density at radius 1 is 0.964 bits per heavy atom. The van der Waals surface area contributed by atoms with Gasteiger partial charge < -0.3 is 4.90 Å². The molecule has 1 fully saturated rings. The van der Waals surface area contributed by atoms with Crippen molar-refractivity contribution in [3.05, 3.63) is 65.5 Å². The largest absolute Gasteiger partial charge is 0.372 e. The third kappa shape index (κ3) is 4.22. The predicted octanol–water partition coefficient (Wildman–Crippen LogP) is 3.91. The van der Waals surface area contributed by atoms with Crippen LogP contribution in [0.15, 0.2) is 54.1 Å². The highest BCUT2D eigenvalue weighted by Crippen LogP contribution is 2.23. The van der Waals surface area contributed by atoms with Gasteiger partial charge in [0.15, 0.2) is 0 Å². The Hall–Kier alpha value is -3.15. The standard InChI is InChI=1S/C22H24FN3O2/c1-3-13-25(14-4-2)18-9-5-16(6-10-18)15-20-21(27)24-26(22(20)28)19-11-7-17(23)8-12-19/h5-12,15H,3-4,13-14H2,1-2H3,(H,24,27). The monoisotopic (exact) mass is 381 g/mol. The average molecular weight is 381 g/mol. The number of benzene rings is 2. The molecule has 1 heterocycles. The first-order valence-corrected chi connectivity index (χ1v) is 9.51. The summed E-state index contributed by atoms with van der Waals surface area (Å²) < 4.78 is 13.1. The minimum atomic E-state index is -0.475. The molecule has 1 N–H and O–H groups in total. The Kier molecular flexibility index (Phi) is 6.09. The highest BCUT2D eigenvalue weighted by molar-refractivity contribution is 6.31. The summed E-state index contributed by atoms with van der Waals surface area (Å²) >= 11 is 0. The molecule has 0 radical (unpaired) electrons. The van der Waals surface area contributed by atoms with Crippen molar-refractivity contribution in [3.63, 3.8) is 0 Å². The molecule has 3 rings (SSSR count). The maximum atomic E-state index is 13.1. The van der Waals surface area contributed by atoms with E-state index in [9.17, 15) is 14.0 Å². The van der Waals surface area contributed by atoms with Crippen LogP contribution in [0, 0.1) is 5.82 Å². The fraction of sp³-hybridized carbons (Fsp3) is 0.273. The molecule has 0 spiro atoms. The second-order valence-electron chi connectivity index (χ2n) is 6.69. The van der Waals surface area contributed by atoms with E-state index < -0.39 is 17.6 Å². The normalized spacial score (nSPS) is 15.2. The van der Waals surface area contributed by atoms with Crippen LogP contribution in [0.25, 0.3) is 6.08 Å². The molecule has 0 saturated carbocycles. The summed E-state index contributed by atoms with van der Waals surface area (Å²) in [5, 5.41) is 1.13. The zero-order valence-electron chi connectivity index (χ0n) is 16.1. The topological polar surface area (TPSA) is 52.7 Å². The van der Waals surface area contributed by atoms with E-state index >= 15 is 0 Å². The Morgan fingerprint density at radius 3 is 2.14 bits per heavy atom. The first-order chi connectivity index (χ1) is 13.5. The molecule has 0 aliphatic carbocycles. The molecule has 2 aromatic rings. The van der Waals surface area contributed by atoms with Crippen LogP contribution < -0.4 is 15.3 Å². The SMILES string of the molecule is CCCN(CCC)c1ccc(C=C2C(=O)NN(c3ccc(F)cc3)C2=O)cc1. The van der Waals surface area contributed by atoms with Gasteiger partial charge in [0.25, 0.3) is 11.8 Å². The Bertz CT molecular complexity index is 870. The smallest absolute Gasteiger partial charge is 0.282 e. The van der Waals surface area contributed by atoms with Crippen molar-refractivity contribution in [3.8, 4) is 0 Å². The molecule has 0 atom stereocenters. The van der Waals surface area contributed by atoms with Crippen molar-refractivity contribution in [1.82, 2.24) is 5.43 Å². The zero-order chi connectivity index (χ0) is 20.1. The Labute approximate surface area is 164 Å². The number of rotatable bonds is 7. The molecule has 5 nitrogen and oxygen atoms in total. The lowest BCUT2D eigenvalue weighted by Gasteiger charge is -2.23. The van der Waals surface area contributed by atoms with Gasteiger partial charge in [0.05, 0.1) is 5.69 Å². The van der Waals surface area contributed by atoms with Crippen LogP contribution in [0.3, 0.4) is 0 Å². The van der Waals surface area contributed by atoms with Gasteiger partial charge in [0.1, 0.15) is 11.4 Å². The van der Waals surface area contributed by atoms with Gasteiger partial charge in [-0.2, -0.15) is 0 Å². The lowest BCUT2D eigenvalue weighted by Crippen LogP contribution is -2.35. The van der Waals surface area contributed by atoms with Crippen LogP contribution in [-0.4, -0.2) is 24.9 Å². The van der Waals surface area contributed by atoms with E-state index in [0.29, 0.717) is 5.69 Å². The molecule has 0 bridgehead atoms. The third-order valence-electron chi connectivity index (χ3n) is 4.53. The van der Waals surface area contributed by atoms with Gasteiger partial charge in [0, 0.05) is 18.8 Å². The maximum absolute atomic E-state index is 13.1. The van der Waals surface area contributed by atoms with E-state index in [0.717, 1.165) is 42.2 Å². The van der Waals surface area contributed by atoms with E-state index in [1.807, 2.05) is 24.3 Å². The fourth-order valence-electron chi connectivity index (χ4n) is 3.19. The molecule has 1 aliphatic rings.